The molecule has 4 aromatic rings. The summed E-state index contributed by atoms with van der Waals surface area (Å²) in [7, 11) is -8.00. The lowest BCUT2D eigenvalue weighted by Gasteiger charge is -2.21. The molecule has 0 fully saturated rings. The van der Waals surface area contributed by atoms with Crippen molar-refractivity contribution in [1.82, 2.24) is 40.9 Å². The van der Waals surface area contributed by atoms with Crippen LogP contribution in [0.4, 0.5) is 49.4 Å². The summed E-state index contributed by atoms with van der Waals surface area (Å²) in [6.07, 6.45) is -10.3. The normalized spacial score (nSPS) is 13.4. The van der Waals surface area contributed by atoms with Gasteiger partial charge in [-0.05, 0) is 57.0 Å². The van der Waals surface area contributed by atoms with Crippen molar-refractivity contribution in [3.63, 3.8) is 0 Å². The summed E-state index contributed by atoms with van der Waals surface area (Å²) < 4.78 is 153. The Labute approximate surface area is 351 Å². The van der Waals surface area contributed by atoms with E-state index in [1.807, 2.05) is 9.44 Å². The lowest BCUT2D eigenvalue weighted by Crippen LogP contribution is -2.39. The summed E-state index contributed by atoms with van der Waals surface area (Å²) in [5, 5.41) is 41.2. The van der Waals surface area contributed by atoms with Crippen LogP contribution >= 0.6 is 0 Å². The van der Waals surface area contributed by atoms with Gasteiger partial charge < -0.3 is 31.2 Å². The Balaban J connectivity index is 1.45. The molecule has 0 bridgehead atoms. The van der Waals surface area contributed by atoms with Gasteiger partial charge >= 0.3 is 12.4 Å². The van der Waals surface area contributed by atoms with Crippen molar-refractivity contribution in [2.75, 3.05) is 50.0 Å². The molecule has 0 aliphatic rings. The van der Waals surface area contributed by atoms with E-state index in [0.717, 1.165) is 31.2 Å². The molecular formula is C30H37F6N15O10S2. The number of halogens is 6. The van der Waals surface area contributed by atoms with Crippen LogP contribution in [0.2, 0.25) is 0 Å². The molecule has 1 amide bonds. The van der Waals surface area contributed by atoms with Crippen LogP contribution in [0.3, 0.4) is 0 Å². The van der Waals surface area contributed by atoms with E-state index in [9.17, 15) is 53.2 Å². The largest absolute Gasteiger partial charge is 0.493 e. The summed E-state index contributed by atoms with van der Waals surface area (Å²) in [6, 6.07) is 4.06. The SMILES string of the molecule is CC(=O)NC(CCOc1ccc(N=C(NO)c2nonc2NCCNS(N)(=O)=O)cc1C(F)(F)F)COc1ccc(N=C(N)c2nonc2NCCNS(N)(=O)=O)cc1C(F)(F)F. The minimum absolute atomic E-state index is 0.0786. The number of aromatic nitrogens is 4. The third-order valence-electron chi connectivity index (χ3n) is 7.59. The minimum atomic E-state index is -5.03. The van der Waals surface area contributed by atoms with E-state index in [-0.39, 0.29) is 67.0 Å². The van der Waals surface area contributed by atoms with Gasteiger partial charge in [-0.15, -0.1) is 0 Å². The van der Waals surface area contributed by atoms with Crippen LogP contribution in [0.5, 0.6) is 11.5 Å². The molecule has 33 heteroatoms. The van der Waals surface area contributed by atoms with Gasteiger partial charge in [0.15, 0.2) is 23.1 Å². The number of hydroxylamine groups is 1. The van der Waals surface area contributed by atoms with Crippen LogP contribution in [-0.4, -0.2) is 106 Å². The number of hydrogen-bond donors (Lipinski definition) is 10. The summed E-state index contributed by atoms with van der Waals surface area (Å²) in [4.78, 5) is 19.8. The monoisotopic (exact) mass is 945 g/mol. The standard InChI is InChI=1S/C30H37F6N15O10S2/c1-15(52)44-18(14-59-22-5-2-16(12-20(22)30(34,35)36)45-25(37)23-26(50-60-48-23)40-7-9-42-62(38,54)55)6-11-58-21-4-3-17(13-19(21)29(31,32)33)46-28(47-53)24-27(51-61-49-24)41-8-10-43-63(39,56)57/h2-5,12-13,18,42-43,53H,6-11,14H2,1H3,(H2,37,45)(H,40,50)(H,41,51)(H,44,52)(H,46,47)(H2,38,54,55)(H2,39,56,57). The molecule has 0 saturated carbocycles. The zero-order chi connectivity index (χ0) is 46.6. The van der Waals surface area contributed by atoms with E-state index < -0.39 is 92.2 Å². The van der Waals surface area contributed by atoms with Gasteiger partial charge in [-0.2, -0.15) is 43.2 Å². The molecule has 1 atom stereocenters. The number of alkyl halides is 6. The number of nitrogens with zero attached hydrogens (tertiary/aromatic N) is 6. The summed E-state index contributed by atoms with van der Waals surface area (Å²) in [5.41, 5.74) is 3.71. The first kappa shape index (κ1) is 49.3. The Morgan fingerprint density at radius 3 is 1.76 bits per heavy atom. The maximum absolute atomic E-state index is 14.2. The van der Waals surface area contributed by atoms with E-state index in [4.69, 9.17) is 25.5 Å². The highest BCUT2D eigenvalue weighted by atomic mass is 32.2. The predicted octanol–water partition coefficient (Wildman–Crippen LogP) is 0.347. The van der Waals surface area contributed by atoms with Crippen LogP contribution in [-0.2, 0) is 37.6 Å². The summed E-state index contributed by atoms with van der Waals surface area (Å²) in [5.74, 6) is -3.36. The van der Waals surface area contributed by atoms with Gasteiger partial charge in [-0.3, -0.25) is 15.5 Å². The zero-order valence-electron chi connectivity index (χ0n) is 32.1. The van der Waals surface area contributed by atoms with Gasteiger partial charge in [0, 0.05) is 39.5 Å². The van der Waals surface area contributed by atoms with Crippen LogP contribution in [0, 0.1) is 0 Å². The maximum atomic E-state index is 14.2. The molecule has 2 aromatic carbocycles. The third-order valence-corrected chi connectivity index (χ3v) is 8.80. The van der Waals surface area contributed by atoms with Crippen LogP contribution < -0.4 is 56.4 Å². The fourth-order valence-electron chi connectivity index (χ4n) is 4.99. The van der Waals surface area contributed by atoms with E-state index >= 15 is 0 Å². The van der Waals surface area contributed by atoms with Crippen molar-refractivity contribution in [2.24, 2.45) is 26.0 Å². The topological polar surface area (TPSA) is 377 Å². The van der Waals surface area contributed by atoms with Crippen molar-refractivity contribution in [1.29, 1.82) is 0 Å². The second-order valence-electron chi connectivity index (χ2n) is 12.4. The predicted molar refractivity (Wildman–Crippen MR) is 205 cm³/mol. The fraction of sp³-hybridized carbons (Fsp3) is 0.367. The molecule has 0 spiro atoms. The van der Waals surface area contributed by atoms with E-state index in [1.165, 1.54) is 0 Å². The zero-order valence-corrected chi connectivity index (χ0v) is 33.7. The second kappa shape index (κ2) is 21.1. The van der Waals surface area contributed by atoms with E-state index in [2.05, 4.69) is 55.8 Å². The number of carbonyl (C=O) groups is 1. The first-order valence-electron chi connectivity index (χ1n) is 17.4. The number of nitrogens with two attached hydrogens (primary N) is 3. The molecule has 346 valence electrons. The Kier molecular flexibility index (Phi) is 16.5. The number of carbonyl (C=O) groups excluding carboxylic acids is 1. The van der Waals surface area contributed by atoms with Gasteiger partial charge in [0.2, 0.25) is 17.5 Å². The summed E-state index contributed by atoms with van der Waals surface area (Å²) in [6.45, 7) is -0.638. The number of rotatable bonds is 22. The molecule has 25 nitrogen and oxygen atoms in total. The molecule has 0 radical (unpaired) electrons. The van der Waals surface area contributed by atoms with Crippen molar-refractivity contribution in [3.8, 4) is 11.5 Å². The quantitative estimate of drug-likeness (QED) is 0.0167. The number of anilines is 2. The molecule has 2 heterocycles. The van der Waals surface area contributed by atoms with Crippen LogP contribution in [0.1, 0.15) is 35.9 Å². The molecule has 0 saturated heterocycles. The number of benzene rings is 2. The van der Waals surface area contributed by atoms with Gasteiger partial charge in [-0.25, -0.2) is 39.0 Å². The highest BCUT2D eigenvalue weighted by molar-refractivity contribution is 7.87. The van der Waals surface area contributed by atoms with Gasteiger partial charge in [0.25, 0.3) is 20.4 Å². The Morgan fingerprint density at radius 1 is 0.778 bits per heavy atom. The molecule has 13 N–H and O–H groups in total. The lowest BCUT2D eigenvalue weighted by molar-refractivity contribution is -0.140. The number of aliphatic imine (C=N–C) groups is 2. The Bertz CT molecular complexity index is 2480. The van der Waals surface area contributed by atoms with Crippen molar-refractivity contribution in [2.45, 2.75) is 31.7 Å². The van der Waals surface area contributed by atoms with Gasteiger partial charge in [-0.1, -0.05) is 0 Å². The average Bonchev–Trinajstić information content (AvgIpc) is 3.85. The van der Waals surface area contributed by atoms with Crippen molar-refractivity contribution < 1.29 is 71.9 Å². The van der Waals surface area contributed by atoms with Crippen molar-refractivity contribution in [3.05, 3.63) is 58.9 Å². The highest BCUT2D eigenvalue weighted by Gasteiger charge is 2.36. The molecule has 2 aromatic heterocycles. The molecule has 0 aliphatic heterocycles. The molecule has 0 aliphatic carbocycles. The first-order chi connectivity index (χ1) is 29.4. The number of amides is 1. The first-order valence-corrected chi connectivity index (χ1v) is 20.5. The number of amidine groups is 2. The van der Waals surface area contributed by atoms with E-state index in [0.29, 0.717) is 12.1 Å². The summed E-state index contributed by atoms with van der Waals surface area (Å²) >= 11 is 0. The molecule has 1 unspecified atom stereocenters. The number of ether oxygens (including phenoxy) is 2. The fourth-order valence-corrected chi connectivity index (χ4v) is 5.76. The maximum Gasteiger partial charge on any atom is 0.420 e. The number of nitrogens with one attached hydrogen (secondary N) is 6. The second-order valence-corrected chi connectivity index (χ2v) is 15.2. The Morgan fingerprint density at radius 2 is 1.27 bits per heavy atom. The van der Waals surface area contributed by atoms with Crippen molar-refractivity contribution >= 4 is 61.0 Å². The van der Waals surface area contributed by atoms with Crippen LogP contribution in [0.25, 0.3) is 0 Å². The van der Waals surface area contributed by atoms with Gasteiger partial charge in [0.05, 0.1) is 35.2 Å². The third kappa shape index (κ3) is 15.8. The molecular weight excluding hydrogens is 909 g/mol. The highest BCUT2D eigenvalue weighted by Crippen LogP contribution is 2.40. The number of hydrogen-bond acceptors (Lipinski definition) is 18. The molecule has 63 heavy (non-hydrogen) atoms. The minimum Gasteiger partial charge on any atom is -0.493 e. The Hall–Kier alpha value is -6.39. The average molecular weight is 946 g/mol. The lowest BCUT2D eigenvalue weighted by atomic mass is 10.1. The smallest absolute Gasteiger partial charge is 0.420 e. The van der Waals surface area contributed by atoms with Gasteiger partial charge in [0.1, 0.15) is 18.1 Å². The molecule has 4 rings (SSSR count). The van der Waals surface area contributed by atoms with Crippen LogP contribution in [0.15, 0.2) is 55.6 Å². The van der Waals surface area contributed by atoms with E-state index in [1.54, 1.807) is 5.48 Å².